The van der Waals surface area contributed by atoms with Gasteiger partial charge in [-0.1, -0.05) is 0 Å². The van der Waals surface area contributed by atoms with Crippen molar-refractivity contribution in [2.75, 3.05) is 75.4 Å². The van der Waals surface area contributed by atoms with Crippen molar-refractivity contribution in [3.63, 3.8) is 0 Å². The topological polar surface area (TPSA) is 98.8 Å². The summed E-state index contributed by atoms with van der Waals surface area (Å²) in [7, 11) is -5.58. The molecule has 0 aromatic carbocycles. The number of nitrogens with one attached hydrogen (secondary N) is 2. The van der Waals surface area contributed by atoms with Crippen molar-refractivity contribution < 1.29 is 16.8 Å². The fraction of sp³-hybridized carbons (Fsp3) is 1.00. The summed E-state index contributed by atoms with van der Waals surface area (Å²) in [5.74, 6) is 1.10. The van der Waals surface area contributed by atoms with Crippen molar-refractivity contribution in [3.8, 4) is 0 Å². The highest BCUT2D eigenvalue weighted by Gasteiger charge is 2.21. The van der Waals surface area contributed by atoms with Gasteiger partial charge in [0, 0.05) is 45.8 Å². The van der Waals surface area contributed by atoms with Crippen molar-refractivity contribution in [2.24, 2.45) is 0 Å². The molecule has 0 radical (unpaired) electrons. The molecule has 0 aliphatic carbocycles. The van der Waals surface area contributed by atoms with Gasteiger partial charge in [-0.05, 0) is 13.0 Å². The quantitative estimate of drug-likeness (QED) is 0.372. The van der Waals surface area contributed by atoms with Crippen LogP contribution in [0.4, 0.5) is 0 Å². The molecule has 2 rings (SSSR count). The van der Waals surface area contributed by atoms with Gasteiger partial charge in [-0.25, -0.2) is 16.8 Å². The molecule has 0 atom stereocenters. The molecule has 0 saturated carbocycles. The van der Waals surface area contributed by atoms with Gasteiger partial charge >= 0.3 is 0 Å². The Bertz CT molecular complexity index is 487. The fourth-order valence-corrected chi connectivity index (χ4v) is 5.28. The zero-order valence-corrected chi connectivity index (χ0v) is 15.2. The molecule has 0 spiro atoms. The van der Waals surface area contributed by atoms with Crippen LogP contribution >= 0.6 is 0 Å². The summed E-state index contributed by atoms with van der Waals surface area (Å²) < 4.78 is 45.3. The third-order valence-corrected chi connectivity index (χ3v) is 7.55. The van der Waals surface area contributed by atoms with Crippen LogP contribution in [-0.2, 0) is 19.7 Å². The predicted octanol–water partition coefficient (Wildman–Crippen LogP) is -2.07. The lowest BCUT2D eigenvalue weighted by Gasteiger charge is -2.27. The Morgan fingerprint density at radius 2 is 1.09 bits per heavy atom. The van der Waals surface area contributed by atoms with Crippen molar-refractivity contribution in [1.29, 1.82) is 0 Å². The van der Waals surface area contributed by atoms with Gasteiger partial charge in [0.05, 0.1) is 23.0 Å². The molecule has 0 aromatic rings. The highest BCUT2D eigenvalue weighted by molar-refractivity contribution is 7.91. The SMILES string of the molecule is O=S1(=O)CCN(CCCNNCCN2CCS(=O)(=O)CC2)CC1. The Morgan fingerprint density at radius 3 is 1.61 bits per heavy atom. The van der Waals surface area contributed by atoms with E-state index in [-0.39, 0.29) is 23.0 Å². The van der Waals surface area contributed by atoms with Crippen LogP contribution in [0.15, 0.2) is 0 Å². The van der Waals surface area contributed by atoms with Gasteiger partial charge in [-0.15, -0.1) is 0 Å². The Morgan fingerprint density at radius 1 is 0.652 bits per heavy atom. The van der Waals surface area contributed by atoms with E-state index in [1.165, 1.54) is 0 Å². The number of rotatable bonds is 8. The van der Waals surface area contributed by atoms with Crippen molar-refractivity contribution in [3.05, 3.63) is 0 Å². The first-order chi connectivity index (χ1) is 10.9. The predicted molar refractivity (Wildman–Crippen MR) is 90.8 cm³/mol. The minimum absolute atomic E-state index is 0.270. The molecular weight excluding hydrogens is 340 g/mol. The van der Waals surface area contributed by atoms with E-state index < -0.39 is 19.7 Å². The maximum Gasteiger partial charge on any atom is 0.152 e. The molecule has 8 nitrogen and oxygen atoms in total. The van der Waals surface area contributed by atoms with Gasteiger partial charge in [-0.3, -0.25) is 10.9 Å². The molecule has 2 N–H and O–H groups in total. The van der Waals surface area contributed by atoms with Gasteiger partial charge in [-0.2, -0.15) is 0 Å². The van der Waals surface area contributed by atoms with Gasteiger partial charge < -0.3 is 9.80 Å². The molecular formula is C13H28N4O4S2. The van der Waals surface area contributed by atoms with E-state index in [2.05, 4.69) is 20.7 Å². The zero-order valence-electron chi connectivity index (χ0n) is 13.5. The Kier molecular flexibility index (Phi) is 7.23. The number of hydrogen-bond donors (Lipinski definition) is 2. The summed E-state index contributed by atoms with van der Waals surface area (Å²) in [4.78, 5) is 4.35. The van der Waals surface area contributed by atoms with E-state index in [9.17, 15) is 16.8 Å². The van der Waals surface area contributed by atoms with E-state index in [0.29, 0.717) is 26.2 Å². The Hall–Kier alpha value is -0.260. The summed E-state index contributed by atoms with van der Waals surface area (Å²) >= 11 is 0. The number of hydrazine groups is 1. The first kappa shape index (κ1) is 19.1. The lowest BCUT2D eigenvalue weighted by molar-refractivity contribution is 0.277. The van der Waals surface area contributed by atoms with Crippen LogP contribution in [0.3, 0.4) is 0 Å². The normalized spacial score (nSPS) is 25.4. The molecule has 2 saturated heterocycles. The average molecular weight is 369 g/mol. The second kappa shape index (κ2) is 8.72. The monoisotopic (exact) mass is 368 g/mol. The second-order valence-electron chi connectivity index (χ2n) is 6.19. The van der Waals surface area contributed by atoms with Crippen molar-refractivity contribution in [1.82, 2.24) is 20.7 Å². The molecule has 10 heteroatoms. The van der Waals surface area contributed by atoms with E-state index in [1.54, 1.807) is 0 Å². The van der Waals surface area contributed by atoms with Gasteiger partial charge in [0.25, 0.3) is 0 Å². The average Bonchev–Trinajstić information content (AvgIpc) is 2.49. The van der Waals surface area contributed by atoms with Gasteiger partial charge in [0.1, 0.15) is 0 Å². The molecule has 2 heterocycles. The van der Waals surface area contributed by atoms with Crippen LogP contribution in [0.5, 0.6) is 0 Å². The van der Waals surface area contributed by atoms with E-state index in [1.807, 2.05) is 0 Å². The Labute approximate surface area is 139 Å². The van der Waals surface area contributed by atoms with Crippen LogP contribution in [-0.4, -0.2) is 102 Å². The molecule has 23 heavy (non-hydrogen) atoms. The lowest BCUT2D eigenvalue weighted by Crippen LogP contribution is -2.45. The number of sulfone groups is 2. The molecule has 0 unspecified atom stereocenters. The first-order valence-corrected chi connectivity index (χ1v) is 11.8. The summed E-state index contributed by atoms with van der Waals surface area (Å²) in [6.07, 6.45) is 0.967. The third-order valence-electron chi connectivity index (χ3n) is 4.33. The lowest BCUT2D eigenvalue weighted by atomic mass is 10.3. The van der Waals surface area contributed by atoms with E-state index in [4.69, 9.17) is 0 Å². The van der Waals surface area contributed by atoms with Gasteiger partial charge in [0.15, 0.2) is 19.7 Å². The minimum Gasteiger partial charge on any atom is -0.301 e. The highest BCUT2D eigenvalue weighted by Crippen LogP contribution is 2.04. The zero-order chi connectivity index (χ0) is 16.8. The van der Waals surface area contributed by atoms with Crippen LogP contribution in [0.1, 0.15) is 6.42 Å². The maximum atomic E-state index is 11.3. The maximum absolute atomic E-state index is 11.3. The van der Waals surface area contributed by atoms with Crippen LogP contribution in [0.25, 0.3) is 0 Å². The summed E-state index contributed by atoms with van der Waals surface area (Å²) in [5, 5.41) is 0. The molecule has 136 valence electrons. The van der Waals surface area contributed by atoms with Crippen molar-refractivity contribution >= 4 is 19.7 Å². The smallest absolute Gasteiger partial charge is 0.152 e. The van der Waals surface area contributed by atoms with Crippen LogP contribution < -0.4 is 10.9 Å². The molecule has 2 aliphatic rings. The fourth-order valence-electron chi connectivity index (χ4n) is 2.73. The highest BCUT2D eigenvalue weighted by atomic mass is 32.2. The first-order valence-electron chi connectivity index (χ1n) is 8.18. The number of nitrogens with zero attached hydrogens (tertiary/aromatic N) is 2. The molecule has 0 aromatic heterocycles. The summed E-state index contributed by atoms with van der Waals surface area (Å²) in [6.45, 7) is 5.91. The largest absolute Gasteiger partial charge is 0.301 e. The number of hydrogen-bond acceptors (Lipinski definition) is 8. The minimum atomic E-state index is -2.80. The molecule has 2 fully saturated rings. The standard InChI is InChI=1S/C13H28N4O4S2/c18-22(19)10-6-16(7-11-22)4-1-2-14-15-3-5-17-8-12-23(20,21)13-9-17/h14-15H,1-13H2. The van der Waals surface area contributed by atoms with Crippen molar-refractivity contribution in [2.45, 2.75) is 6.42 Å². The summed E-state index contributed by atoms with van der Waals surface area (Å²) in [5.41, 5.74) is 6.31. The van der Waals surface area contributed by atoms with Crippen LogP contribution in [0, 0.1) is 0 Å². The second-order valence-corrected chi connectivity index (χ2v) is 10.8. The molecule has 2 aliphatic heterocycles. The Balaban J connectivity index is 1.43. The molecule has 0 bridgehead atoms. The van der Waals surface area contributed by atoms with Crippen LogP contribution in [0.2, 0.25) is 0 Å². The summed E-state index contributed by atoms with van der Waals surface area (Å²) in [6, 6.07) is 0. The third kappa shape index (κ3) is 7.44. The van der Waals surface area contributed by atoms with E-state index >= 15 is 0 Å². The van der Waals surface area contributed by atoms with Gasteiger partial charge in [0.2, 0.25) is 0 Å². The van der Waals surface area contributed by atoms with E-state index in [0.717, 1.165) is 32.6 Å². The molecule has 0 amide bonds.